The first-order valence-corrected chi connectivity index (χ1v) is 6.56. The molecule has 0 aliphatic heterocycles. The van der Waals surface area contributed by atoms with Crippen LogP contribution in [0.1, 0.15) is 22.5 Å². The van der Waals surface area contributed by atoms with Crippen molar-refractivity contribution >= 4 is 11.5 Å². The Kier molecular flexibility index (Phi) is 4.03. The molecule has 4 nitrogen and oxygen atoms in total. The van der Waals surface area contributed by atoms with E-state index in [-0.39, 0.29) is 5.84 Å². The van der Waals surface area contributed by atoms with E-state index in [1.807, 2.05) is 57.3 Å². The molecule has 0 bridgehead atoms. The summed E-state index contributed by atoms with van der Waals surface area (Å²) < 4.78 is 0. The SMILES string of the molecule is Cc1cccc(CN(C)c2ccc(C(=N)N)c(C)c2)n1. The zero-order chi connectivity index (χ0) is 14.7. The molecule has 1 heterocycles. The standard InChI is InChI=1S/C16H20N4/c1-11-9-14(7-8-15(11)16(17)18)20(3)10-13-6-4-5-12(2)19-13/h4-9H,10H2,1-3H3,(H3,17,18). The molecule has 2 rings (SSSR count). The van der Waals surface area contributed by atoms with E-state index in [1.54, 1.807) is 0 Å². The number of anilines is 1. The van der Waals surface area contributed by atoms with Crippen LogP contribution in [0.5, 0.6) is 0 Å². The third-order valence-corrected chi connectivity index (χ3v) is 3.29. The lowest BCUT2D eigenvalue weighted by Gasteiger charge is -2.20. The van der Waals surface area contributed by atoms with Gasteiger partial charge in [0.15, 0.2) is 0 Å². The maximum atomic E-state index is 7.51. The molecule has 0 saturated carbocycles. The Morgan fingerprint density at radius 1 is 1.25 bits per heavy atom. The van der Waals surface area contributed by atoms with Crippen LogP contribution in [0, 0.1) is 19.3 Å². The Morgan fingerprint density at radius 2 is 2.00 bits per heavy atom. The Balaban J connectivity index is 2.19. The van der Waals surface area contributed by atoms with E-state index in [0.29, 0.717) is 0 Å². The van der Waals surface area contributed by atoms with Gasteiger partial charge in [0.05, 0.1) is 12.2 Å². The van der Waals surface area contributed by atoms with Gasteiger partial charge in [0.1, 0.15) is 5.84 Å². The zero-order valence-corrected chi connectivity index (χ0v) is 12.1. The molecule has 3 N–H and O–H groups in total. The second-order valence-electron chi connectivity index (χ2n) is 5.04. The summed E-state index contributed by atoms with van der Waals surface area (Å²) in [5.41, 5.74) is 10.5. The lowest BCUT2D eigenvalue weighted by molar-refractivity contribution is 0.876. The van der Waals surface area contributed by atoms with Crippen molar-refractivity contribution in [3.8, 4) is 0 Å². The number of benzene rings is 1. The number of nitrogen functional groups attached to an aromatic ring is 1. The van der Waals surface area contributed by atoms with Crippen LogP contribution in [0.15, 0.2) is 36.4 Å². The Bertz CT molecular complexity index is 634. The maximum Gasteiger partial charge on any atom is 0.123 e. The van der Waals surface area contributed by atoms with Crippen molar-refractivity contribution in [3.05, 3.63) is 58.9 Å². The van der Waals surface area contributed by atoms with E-state index < -0.39 is 0 Å². The molecule has 1 aromatic carbocycles. The highest BCUT2D eigenvalue weighted by atomic mass is 15.1. The fraction of sp³-hybridized carbons (Fsp3) is 0.250. The fourth-order valence-corrected chi connectivity index (χ4v) is 2.21. The van der Waals surface area contributed by atoms with E-state index in [1.165, 1.54) is 0 Å². The molecule has 4 heteroatoms. The first-order valence-electron chi connectivity index (χ1n) is 6.56. The lowest BCUT2D eigenvalue weighted by Crippen LogP contribution is -2.18. The number of hydrogen-bond donors (Lipinski definition) is 2. The summed E-state index contributed by atoms with van der Waals surface area (Å²) in [7, 11) is 2.03. The number of rotatable bonds is 4. The van der Waals surface area contributed by atoms with Crippen LogP contribution in [0.25, 0.3) is 0 Å². The van der Waals surface area contributed by atoms with Gasteiger partial charge in [-0.15, -0.1) is 0 Å². The van der Waals surface area contributed by atoms with Crippen molar-refractivity contribution in [1.82, 2.24) is 4.98 Å². The molecule has 0 radical (unpaired) electrons. The van der Waals surface area contributed by atoms with Crippen LogP contribution in [0.2, 0.25) is 0 Å². The Morgan fingerprint density at radius 3 is 2.60 bits per heavy atom. The predicted molar refractivity (Wildman–Crippen MR) is 83.3 cm³/mol. The van der Waals surface area contributed by atoms with Gasteiger partial charge in [-0.25, -0.2) is 0 Å². The first kappa shape index (κ1) is 14.1. The highest BCUT2D eigenvalue weighted by molar-refractivity contribution is 5.96. The second kappa shape index (κ2) is 5.74. The predicted octanol–water partition coefficient (Wildman–Crippen LogP) is 2.62. The highest BCUT2D eigenvalue weighted by Crippen LogP contribution is 2.19. The number of hydrogen-bond acceptors (Lipinski definition) is 3. The normalized spacial score (nSPS) is 10.3. The lowest BCUT2D eigenvalue weighted by atomic mass is 10.1. The smallest absolute Gasteiger partial charge is 0.123 e. The first-order chi connectivity index (χ1) is 9.47. The van der Waals surface area contributed by atoms with Crippen LogP contribution in [-0.2, 0) is 6.54 Å². The van der Waals surface area contributed by atoms with Crippen LogP contribution in [0.3, 0.4) is 0 Å². The van der Waals surface area contributed by atoms with Crippen molar-refractivity contribution in [3.63, 3.8) is 0 Å². The molecule has 0 aliphatic carbocycles. The summed E-state index contributed by atoms with van der Waals surface area (Å²) in [6.45, 7) is 4.72. The largest absolute Gasteiger partial charge is 0.384 e. The molecular formula is C16H20N4. The Labute approximate surface area is 119 Å². The van der Waals surface area contributed by atoms with E-state index >= 15 is 0 Å². The summed E-state index contributed by atoms with van der Waals surface area (Å²) in [5.74, 6) is 0.108. The number of nitrogens with zero attached hydrogens (tertiary/aromatic N) is 2. The van der Waals surface area contributed by atoms with E-state index in [4.69, 9.17) is 11.1 Å². The average molecular weight is 268 g/mol. The highest BCUT2D eigenvalue weighted by Gasteiger charge is 2.07. The molecule has 0 unspecified atom stereocenters. The van der Waals surface area contributed by atoms with Crippen LogP contribution in [-0.4, -0.2) is 17.9 Å². The number of nitrogens with two attached hydrogens (primary N) is 1. The van der Waals surface area contributed by atoms with Gasteiger partial charge in [-0.2, -0.15) is 0 Å². The quantitative estimate of drug-likeness (QED) is 0.661. The van der Waals surface area contributed by atoms with Gasteiger partial charge in [-0.05, 0) is 49.7 Å². The molecule has 0 fully saturated rings. The maximum absolute atomic E-state index is 7.51. The number of nitrogens with one attached hydrogen (secondary N) is 1. The summed E-state index contributed by atoms with van der Waals surface area (Å²) in [6.07, 6.45) is 0. The molecule has 20 heavy (non-hydrogen) atoms. The van der Waals surface area contributed by atoms with Crippen molar-refractivity contribution in [1.29, 1.82) is 5.41 Å². The van der Waals surface area contributed by atoms with Gasteiger partial charge in [0, 0.05) is 24.0 Å². The van der Waals surface area contributed by atoms with Gasteiger partial charge in [-0.1, -0.05) is 6.07 Å². The number of aromatic nitrogens is 1. The van der Waals surface area contributed by atoms with Gasteiger partial charge in [0.25, 0.3) is 0 Å². The molecule has 0 saturated heterocycles. The Hall–Kier alpha value is -2.36. The molecule has 0 atom stereocenters. The molecule has 0 aliphatic rings. The van der Waals surface area contributed by atoms with Gasteiger partial charge in [-0.3, -0.25) is 10.4 Å². The van der Waals surface area contributed by atoms with E-state index in [2.05, 4.69) is 9.88 Å². The van der Waals surface area contributed by atoms with Crippen molar-refractivity contribution < 1.29 is 0 Å². The minimum absolute atomic E-state index is 0.108. The summed E-state index contributed by atoms with van der Waals surface area (Å²) >= 11 is 0. The zero-order valence-electron chi connectivity index (χ0n) is 12.1. The van der Waals surface area contributed by atoms with Crippen molar-refractivity contribution in [2.45, 2.75) is 20.4 Å². The molecule has 0 amide bonds. The third kappa shape index (κ3) is 3.15. The summed E-state index contributed by atoms with van der Waals surface area (Å²) in [4.78, 5) is 6.65. The van der Waals surface area contributed by atoms with Gasteiger partial charge < -0.3 is 10.6 Å². The molecular weight excluding hydrogens is 248 g/mol. The number of amidine groups is 1. The molecule has 1 aromatic heterocycles. The number of pyridine rings is 1. The van der Waals surface area contributed by atoms with E-state index in [0.717, 1.165) is 34.7 Å². The molecule has 0 spiro atoms. The van der Waals surface area contributed by atoms with Gasteiger partial charge >= 0.3 is 0 Å². The molecule has 104 valence electrons. The average Bonchev–Trinajstić information content (AvgIpc) is 2.38. The fourth-order valence-electron chi connectivity index (χ4n) is 2.21. The second-order valence-corrected chi connectivity index (χ2v) is 5.04. The summed E-state index contributed by atoms with van der Waals surface area (Å²) in [5, 5.41) is 7.51. The minimum Gasteiger partial charge on any atom is -0.384 e. The van der Waals surface area contributed by atoms with E-state index in [9.17, 15) is 0 Å². The van der Waals surface area contributed by atoms with Gasteiger partial charge in [0.2, 0.25) is 0 Å². The van der Waals surface area contributed by atoms with Crippen molar-refractivity contribution in [2.75, 3.05) is 11.9 Å². The number of aryl methyl sites for hydroxylation is 2. The minimum atomic E-state index is 0.108. The third-order valence-electron chi connectivity index (χ3n) is 3.29. The van der Waals surface area contributed by atoms with Crippen LogP contribution in [0.4, 0.5) is 5.69 Å². The van der Waals surface area contributed by atoms with Crippen molar-refractivity contribution in [2.24, 2.45) is 5.73 Å². The van der Waals surface area contributed by atoms with Crippen LogP contribution >= 0.6 is 0 Å². The molecule has 2 aromatic rings. The monoisotopic (exact) mass is 268 g/mol. The summed E-state index contributed by atoms with van der Waals surface area (Å²) in [6, 6.07) is 12.0. The van der Waals surface area contributed by atoms with Crippen LogP contribution < -0.4 is 10.6 Å². The topological polar surface area (TPSA) is 66.0 Å².